The third-order valence-electron chi connectivity index (χ3n) is 4.91. The van der Waals surface area contributed by atoms with Crippen LogP contribution in [0.5, 0.6) is 5.75 Å². The molecule has 1 fully saturated rings. The van der Waals surface area contributed by atoms with Crippen LogP contribution >= 0.6 is 0 Å². The molecule has 1 heterocycles. The highest BCUT2D eigenvalue weighted by molar-refractivity contribution is 7.92. The number of rotatable bonds is 6. The Morgan fingerprint density at radius 2 is 1.53 bits per heavy atom. The number of ether oxygens (including phenoxy) is 1. The van der Waals surface area contributed by atoms with Gasteiger partial charge in [0.25, 0.3) is 10.0 Å². The van der Waals surface area contributed by atoms with E-state index in [1.807, 2.05) is 6.07 Å². The van der Waals surface area contributed by atoms with Gasteiger partial charge in [-0.1, -0.05) is 12.8 Å². The van der Waals surface area contributed by atoms with Crippen molar-refractivity contribution in [2.75, 3.05) is 24.9 Å². The van der Waals surface area contributed by atoms with Crippen molar-refractivity contribution in [3.63, 3.8) is 0 Å². The Morgan fingerprint density at radius 1 is 0.933 bits per heavy atom. The minimum Gasteiger partial charge on any atom is -0.495 e. The van der Waals surface area contributed by atoms with Crippen molar-refractivity contribution < 1.29 is 21.6 Å². The molecule has 0 bridgehead atoms. The summed E-state index contributed by atoms with van der Waals surface area (Å²) in [7, 11) is -6.39. The number of nitrogens with zero attached hydrogens (tertiary/aromatic N) is 2. The van der Waals surface area contributed by atoms with E-state index in [2.05, 4.69) is 4.72 Å². The molecule has 8 nitrogen and oxygen atoms in total. The van der Waals surface area contributed by atoms with Gasteiger partial charge in [0.2, 0.25) is 10.0 Å². The zero-order valence-electron chi connectivity index (χ0n) is 16.5. The highest BCUT2D eigenvalue weighted by atomic mass is 32.2. The molecule has 0 saturated carbocycles. The van der Waals surface area contributed by atoms with Gasteiger partial charge >= 0.3 is 0 Å². The molecular formula is C20H23N3O5S2. The molecule has 0 atom stereocenters. The summed E-state index contributed by atoms with van der Waals surface area (Å²) >= 11 is 0. The van der Waals surface area contributed by atoms with Crippen molar-refractivity contribution in [3.05, 3.63) is 48.0 Å². The van der Waals surface area contributed by atoms with Crippen LogP contribution in [0.2, 0.25) is 0 Å². The molecule has 3 rings (SSSR count). The molecule has 0 radical (unpaired) electrons. The third kappa shape index (κ3) is 4.75. The second kappa shape index (κ2) is 9.04. The fourth-order valence-electron chi connectivity index (χ4n) is 3.27. The van der Waals surface area contributed by atoms with Crippen molar-refractivity contribution in [2.45, 2.75) is 35.5 Å². The number of hydrogen-bond acceptors (Lipinski definition) is 6. The Bertz CT molecular complexity index is 1150. The number of hydrogen-bond donors (Lipinski definition) is 1. The van der Waals surface area contributed by atoms with E-state index >= 15 is 0 Å². The number of anilines is 1. The summed E-state index contributed by atoms with van der Waals surface area (Å²) in [4.78, 5) is -0.0490. The lowest BCUT2D eigenvalue weighted by molar-refractivity contribution is 0.415. The van der Waals surface area contributed by atoms with E-state index < -0.39 is 20.0 Å². The lowest BCUT2D eigenvalue weighted by Gasteiger charge is -2.21. The van der Waals surface area contributed by atoms with E-state index in [0.29, 0.717) is 18.7 Å². The van der Waals surface area contributed by atoms with E-state index in [9.17, 15) is 16.8 Å². The van der Waals surface area contributed by atoms with Crippen molar-refractivity contribution in [2.24, 2.45) is 0 Å². The molecule has 2 aromatic carbocycles. The summed E-state index contributed by atoms with van der Waals surface area (Å²) in [5.41, 5.74) is 0.356. The number of sulfonamides is 2. The molecule has 2 aromatic rings. The summed E-state index contributed by atoms with van der Waals surface area (Å²) in [6, 6.07) is 11.5. The molecule has 1 aliphatic heterocycles. The summed E-state index contributed by atoms with van der Waals surface area (Å²) in [5.74, 6) is 0.196. The first-order valence-electron chi connectivity index (χ1n) is 9.49. The van der Waals surface area contributed by atoms with Crippen LogP contribution in [0.3, 0.4) is 0 Å². The average Bonchev–Trinajstić information content (AvgIpc) is 3.03. The van der Waals surface area contributed by atoms with Crippen molar-refractivity contribution in [1.29, 1.82) is 5.26 Å². The van der Waals surface area contributed by atoms with Gasteiger partial charge in [0.05, 0.1) is 34.2 Å². The average molecular weight is 450 g/mol. The van der Waals surface area contributed by atoms with Crippen molar-refractivity contribution >= 4 is 25.7 Å². The Morgan fingerprint density at radius 3 is 2.10 bits per heavy atom. The number of methoxy groups -OCH3 is 1. The minimum atomic E-state index is -4.01. The van der Waals surface area contributed by atoms with Gasteiger partial charge in [-0.15, -0.1) is 0 Å². The summed E-state index contributed by atoms with van der Waals surface area (Å²) < 4.78 is 60.8. The number of nitriles is 1. The molecule has 0 amide bonds. The number of nitrogens with one attached hydrogen (secondary N) is 1. The first-order chi connectivity index (χ1) is 14.3. The fourth-order valence-corrected chi connectivity index (χ4v) is 5.88. The van der Waals surface area contributed by atoms with E-state index in [1.54, 1.807) is 0 Å². The molecule has 1 N–H and O–H groups in total. The predicted molar refractivity (Wildman–Crippen MR) is 112 cm³/mol. The largest absolute Gasteiger partial charge is 0.495 e. The summed E-state index contributed by atoms with van der Waals surface area (Å²) in [5, 5.41) is 8.87. The summed E-state index contributed by atoms with van der Waals surface area (Å²) in [6.07, 6.45) is 3.58. The topological polar surface area (TPSA) is 117 Å². The minimum absolute atomic E-state index is 0.00253. The summed E-state index contributed by atoms with van der Waals surface area (Å²) in [6.45, 7) is 0.890. The van der Waals surface area contributed by atoms with Crippen LogP contribution in [-0.2, 0) is 20.0 Å². The molecule has 30 heavy (non-hydrogen) atoms. The van der Waals surface area contributed by atoms with Gasteiger partial charge < -0.3 is 4.74 Å². The molecule has 1 aliphatic rings. The molecule has 0 aromatic heterocycles. The maximum absolute atomic E-state index is 13.1. The predicted octanol–water partition coefficient (Wildman–Crippen LogP) is 2.93. The second-order valence-corrected chi connectivity index (χ2v) is 10.5. The van der Waals surface area contributed by atoms with Gasteiger partial charge in [0.1, 0.15) is 5.75 Å². The van der Waals surface area contributed by atoms with Gasteiger partial charge in [0, 0.05) is 13.1 Å². The maximum Gasteiger partial charge on any atom is 0.262 e. The van der Waals surface area contributed by atoms with Gasteiger partial charge in [0.15, 0.2) is 0 Å². The lowest BCUT2D eigenvalue weighted by Crippen LogP contribution is -2.32. The molecule has 0 spiro atoms. The quantitative estimate of drug-likeness (QED) is 0.725. The maximum atomic E-state index is 13.1. The molecular weight excluding hydrogens is 426 g/mol. The Kier molecular flexibility index (Phi) is 6.65. The molecule has 10 heteroatoms. The Hall–Kier alpha value is -2.61. The van der Waals surface area contributed by atoms with Crippen LogP contribution in [0, 0.1) is 11.3 Å². The highest BCUT2D eigenvalue weighted by Gasteiger charge is 2.27. The third-order valence-corrected chi connectivity index (χ3v) is 8.19. The Balaban J connectivity index is 1.95. The molecule has 0 aliphatic carbocycles. The van der Waals surface area contributed by atoms with Crippen molar-refractivity contribution in [3.8, 4) is 11.8 Å². The van der Waals surface area contributed by atoms with Crippen LogP contribution in [0.15, 0.2) is 52.3 Å². The Labute approximate surface area is 177 Å². The van der Waals surface area contributed by atoms with Crippen LogP contribution in [0.4, 0.5) is 5.69 Å². The SMILES string of the molecule is COc1ccc(S(=O)(=O)N2CCCCCC2)cc1NS(=O)(=O)c1ccc(C#N)cc1. The normalized spacial score (nSPS) is 15.7. The van der Waals surface area contributed by atoms with E-state index in [0.717, 1.165) is 25.7 Å². The van der Waals surface area contributed by atoms with Crippen LogP contribution in [0.25, 0.3) is 0 Å². The highest BCUT2D eigenvalue weighted by Crippen LogP contribution is 2.31. The number of benzene rings is 2. The molecule has 0 unspecified atom stereocenters. The first kappa shape index (κ1) is 22.1. The lowest BCUT2D eigenvalue weighted by atomic mass is 10.2. The van der Waals surface area contributed by atoms with Gasteiger partial charge in [-0.3, -0.25) is 4.72 Å². The van der Waals surface area contributed by atoms with Gasteiger partial charge in [-0.05, 0) is 55.3 Å². The van der Waals surface area contributed by atoms with Gasteiger partial charge in [-0.2, -0.15) is 9.57 Å². The standard InChI is InChI=1S/C20H23N3O5S2/c1-28-20-11-10-18(30(26,27)23-12-4-2-3-5-13-23)14-19(20)22-29(24,25)17-8-6-16(15-21)7-9-17/h6-11,14,22H,2-5,12-13H2,1H3. The van der Waals surface area contributed by atoms with Crippen molar-refractivity contribution in [1.82, 2.24) is 4.31 Å². The second-order valence-electron chi connectivity index (χ2n) is 6.92. The van der Waals surface area contributed by atoms with Crippen LogP contribution < -0.4 is 9.46 Å². The fraction of sp³-hybridized carbons (Fsp3) is 0.350. The monoisotopic (exact) mass is 449 g/mol. The zero-order valence-corrected chi connectivity index (χ0v) is 18.2. The molecule has 160 valence electrons. The van der Waals surface area contributed by atoms with E-state index in [-0.39, 0.29) is 21.2 Å². The smallest absolute Gasteiger partial charge is 0.262 e. The van der Waals surface area contributed by atoms with Crippen LogP contribution in [-0.4, -0.2) is 41.3 Å². The van der Waals surface area contributed by atoms with E-state index in [4.69, 9.17) is 10.00 Å². The first-order valence-corrected chi connectivity index (χ1v) is 12.4. The van der Waals surface area contributed by atoms with Gasteiger partial charge in [-0.25, -0.2) is 16.8 Å². The van der Waals surface area contributed by atoms with E-state index in [1.165, 1.54) is 53.9 Å². The molecule has 1 saturated heterocycles. The van der Waals surface area contributed by atoms with Crippen LogP contribution in [0.1, 0.15) is 31.2 Å². The zero-order chi connectivity index (χ0) is 21.8.